The second kappa shape index (κ2) is 18.9. The summed E-state index contributed by atoms with van der Waals surface area (Å²) in [7, 11) is 2.53. The van der Waals surface area contributed by atoms with Crippen LogP contribution in [-0.2, 0) is 23.9 Å². The average molecular weight is 921 g/mol. The number of benzene rings is 3. The van der Waals surface area contributed by atoms with Crippen LogP contribution in [0.4, 0.5) is 25.4 Å². The summed E-state index contributed by atoms with van der Waals surface area (Å²) in [5.74, 6) is -0.0124. The highest BCUT2D eigenvalue weighted by atomic mass is 19.1. The molecule has 0 aliphatic carbocycles. The smallest absolute Gasteiger partial charge is 0.407 e. The molecule has 5 heterocycles. The Hall–Kier alpha value is -6.72. The fourth-order valence-corrected chi connectivity index (χ4v) is 10.4. The van der Waals surface area contributed by atoms with Crippen molar-refractivity contribution in [1.29, 1.82) is 0 Å². The molecule has 5 atom stereocenters. The fourth-order valence-electron chi connectivity index (χ4n) is 10.4. The maximum absolute atomic E-state index is 16.5. The summed E-state index contributed by atoms with van der Waals surface area (Å²) in [6, 6.07) is 15.6. The standard InChI is InChI=1S/C49H61FN10O7/c1-27(2)43(56-48(65)67-8)46(63)58-22-10-12-41(58)45-53-34-17-14-30(24-36(34)55-45)38-20-19-37(59(38)31-15-18-39(32(50)25-31)60(28(3)61)49(4,5)6)29-13-16-33-35(23-29)54-44(52-33)40-11-9-21-57(40)42(62)26-51-47(64)66-7/h13-18,23-25,27,37-38,40-41,43H,9-12,19-22,26H2,1-8H3,(H,51,64)(H,52,54)(H,53,55)(H,56,65)/t37-,38-,40+,41+,43?/m1/s1. The van der Waals surface area contributed by atoms with Crippen molar-refractivity contribution in [2.75, 3.05) is 43.7 Å². The summed E-state index contributed by atoms with van der Waals surface area (Å²) in [6.45, 7) is 11.7. The van der Waals surface area contributed by atoms with Gasteiger partial charge in [-0.2, -0.15) is 0 Å². The number of methoxy groups -OCH3 is 2. The van der Waals surface area contributed by atoms with E-state index in [1.54, 1.807) is 15.9 Å². The van der Waals surface area contributed by atoms with Crippen LogP contribution in [0, 0.1) is 11.7 Å². The molecule has 3 fully saturated rings. The monoisotopic (exact) mass is 920 g/mol. The van der Waals surface area contributed by atoms with E-state index in [-0.39, 0.29) is 60.0 Å². The van der Waals surface area contributed by atoms with Gasteiger partial charge >= 0.3 is 12.2 Å². The number of hydrogen-bond acceptors (Lipinski definition) is 10. The highest BCUT2D eigenvalue weighted by molar-refractivity contribution is 5.93. The number of likely N-dealkylation sites (tertiary alicyclic amines) is 2. The zero-order valence-electron chi connectivity index (χ0n) is 39.4. The van der Waals surface area contributed by atoms with E-state index in [0.29, 0.717) is 36.8 Å². The van der Waals surface area contributed by atoms with Gasteiger partial charge < -0.3 is 49.7 Å². The third-order valence-corrected chi connectivity index (χ3v) is 13.4. The summed E-state index contributed by atoms with van der Waals surface area (Å²) in [6.07, 6.45) is 3.16. The topological polar surface area (TPSA) is 198 Å². The number of aromatic amines is 2. The SMILES string of the molecule is COC(=O)NCC(=O)N1CCC[C@H]1c1nc2ccc([C@H]3CC[C@H](c4ccc5nc([C@@H]6CCCN6C(=O)C(NC(=O)OC)C(C)C)[nH]c5c4)N3c3ccc(N(C(C)=O)C(C)(C)C)c(F)c3)cc2[nH]1. The number of hydrogen-bond donors (Lipinski definition) is 4. The Morgan fingerprint density at radius 3 is 1.84 bits per heavy atom. The van der Waals surface area contributed by atoms with Crippen molar-refractivity contribution in [2.45, 2.75) is 116 Å². The van der Waals surface area contributed by atoms with E-state index in [0.717, 1.165) is 65.3 Å². The van der Waals surface area contributed by atoms with Crippen molar-refractivity contribution >= 4 is 63.3 Å². The quantitative estimate of drug-likeness (QED) is 0.101. The molecule has 4 N–H and O–H groups in total. The highest BCUT2D eigenvalue weighted by Gasteiger charge is 2.40. The minimum atomic E-state index is -0.754. The van der Waals surface area contributed by atoms with Crippen molar-refractivity contribution in [2.24, 2.45) is 5.92 Å². The predicted octanol–water partition coefficient (Wildman–Crippen LogP) is 7.88. The third kappa shape index (κ3) is 9.34. The van der Waals surface area contributed by atoms with Crippen LogP contribution < -0.4 is 20.4 Å². The molecule has 67 heavy (non-hydrogen) atoms. The zero-order chi connectivity index (χ0) is 47.9. The van der Waals surface area contributed by atoms with E-state index in [2.05, 4.69) is 54.5 Å². The fraction of sp³-hybridized carbons (Fsp3) is 0.490. The second-order valence-corrected chi connectivity index (χ2v) is 19.1. The van der Waals surface area contributed by atoms with Crippen LogP contribution in [0.15, 0.2) is 54.6 Å². The molecule has 18 heteroatoms. The number of imidazole rings is 2. The molecule has 0 bridgehead atoms. The Labute approximate surface area is 389 Å². The number of alkyl carbamates (subject to hydrolysis) is 2. The molecule has 356 valence electrons. The second-order valence-electron chi connectivity index (χ2n) is 19.1. The molecule has 17 nitrogen and oxygen atoms in total. The number of carbonyl (C=O) groups is 5. The molecule has 3 aliphatic rings. The lowest BCUT2D eigenvalue weighted by molar-refractivity contribution is -0.135. The van der Waals surface area contributed by atoms with Gasteiger partial charge in [0.15, 0.2) is 0 Å². The molecule has 3 aromatic carbocycles. The maximum Gasteiger partial charge on any atom is 0.407 e. The zero-order valence-corrected chi connectivity index (χ0v) is 39.4. The largest absolute Gasteiger partial charge is 0.453 e. The van der Waals surface area contributed by atoms with Gasteiger partial charge in [0.05, 0.1) is 66.1 Å². The van der Waals surface area contributed by atoms with E-state index in [1.807, 2.05) is 52.8 Å². The van der Waals surface area contributed by atoms with Crippen molar-refractivity contribution in [3.05, 3.63) is 83.2 Å². The number of nitrogens with one attached hydrogen (secondary N) is 4. The number of rotatable bonds is 11. The molecular formula is C49H61FN10O7. The van der Waals surface area contributed by atoms with Crippen molar-refractivity contribution in [1.82, 2.24) is 40.4 Å². The van der Waals surface area contributed by atoms with Crippen molar-refractivity contribution < 1.29 is 37.8 Å². The summed E-state index contributed by atoms with van der Waals surface area (Å²) in [4.78, 5) is 87.9. The van der Waals surface area contributed by atoms with Gasteiger partial charge in [0.2, 0.25) is 17.7 Å². The van der Waals surface area contributed by atoms with Gasteiger partial charge in [0.1, 0.15) is 30.1 Å². The van der Waals surface area contributed by atoms with Crippen LogP contribution in [0.1, 0.15) is 127 Å². The van der Waals surface area contributed by atoms with Crippen molar-refractivity contribution in [3.8, 4) is 0 Å². The Balaban J connectivity index is 1.12. The molecule has 2 aromatic heterocycles. The van der Waals surface area contributed by atoms with E-state index < -0.39 is 29.6 Å². The van der Waals surface area contributed by atoms with Gasteiger partial charge in [0.25, 0.3) is 0 Å². The number of anilines is 2. The van der Waals surface area contributed by atoms with Crippen LogP contribution in [0.25, 0.3) is 22.1 Å². The van der Waals surface area contributed by atoms with Gasteiger partial charge in [-0.05, 0) is 119 Å². The Bertz CT molecular complexity index is 2690. The van der Waals surface area contributed by atoms with Gasteiger partial charge in [-0.1, -0.05) is 26.0 Å². The first-order valence-electron chi connectivity index (χ1n) is 23.1. The van der Waals surface area contributed by atoms with Crippen LogP contribution in [0.2, 0.25) is 0 Å². The lowest BCUT2D eigenvalue weighted by Gasteiger charge is -2.36. The molecule has 3 saturated heterocycles. The number of halogens is 1. The van der Waals surface area contributed by atoms with E-state index >= 15 is 4.39 Å². The molecule has 8 rings (SSSR count). The van der Waals surface area contributed by atoms with E-state index in [1.165, 1.54) is 32.1 Å². The Morgan fingerprint density at radius 2 is 1.33 bits per heavy atom. The summed E-state index contributed by atoms with van der Waals surface area (Å²) < 4.78 is 26.0. The first-order valence-corrected chi connectivity index (χ1v) is 23.1. The maximum atomic E-state index is 16.5. The molecule has 3 aliphatic heterocycles. The molecular weight excluding hydrogens is 860 g/mol. The molecule has 0 saturated carbocycles. The van der Waals surface area contributed by atoms with Crippen LogP contribution in [0.5, 0.6) is 0 Å². The van der Waals surface area contributed by atoms with Crippen molar-refractivity contribution in [3.63, 3.8) is 0 Å². The van der Waals surface area contributed by atoms with Gasteiger partial charge in [-0.3, -0.25) is 14.4 Å². The number of nitrogens with zero attached hydrogens (tertiary/aromatic N) is 6. The van der Waals surface area contributed by atoms with Crippen LogP contribution in [0.3, 0.4) is 0 Å². The lowest BCUT2D eigenvalue weighted by Crippen LogP contribution is -2.51. The van der Waals surface area contributed by atoms with Gasteiger partial charge in [-0.25, -0.2) is 23.9 Å². The normalized spacial score (nSPS) is 20.2. The molecule has 5 aromatic rings. The lowest BCUT2D eigenvalue weighted by atomic mass is 10.0. The molecule has 1 unspecified atom stereocenters. The summed E-state index contributed by atoms with van der Waals surface area (Å²) in [5, 5.41) is 5.19. The minimum absolute atomic E-state index is 0.163. The number of ether oxygens (including phenoxy) is 2. The average Bonchev–Trinajstić information content (AvgIpc) is 4.15. The minimum Gasteiger partial charge on any atom is -0.453 e. The highest BCUT2D eigenvalue weighted by Crippen LogP contribution is 2.49. The van der Waals surface area contributed by atoms with Gasteiger partial charge in [-0.15, -0.1) is 0 Å². The summed E-state index contributed by atoms with van der Waals surface area (Å²) in [5.41, 5.74) is 5.29. The molecule has 0 radical (unpaired) electrons. The number of carbonyl (C=O) groups excluding carboxylic acids is 5. The number of H-pyrrole nitrogens is 2. The van der Waals surface area contributed by atoms with E-state index in [4.69, 9.17) is 14.7 Å². The Morgan fingerprint density at radius 1 is 0.776 bits per heavy atom. The molecule has 5 amide bonds. The van der Waals surface area contributed by atoms with Crippen LogP contribution >= 0.6 is 0 Å². The predicted molar refractivity (Wildman–Crippen MR) is 251 cm³/mol. The number of aromatic nitrogens is 4. The summed E-state index contributed by atoms with van der Waals surface area (Å²) >= 11 is 0. The molecule has 0 spiro atoms. The number of amides is 5. The third-order valence-electron chi connectivity index (χ3n) is 13.4. The van der Waals surface area contributed by atoms with Gasteiger partial charge in [0, 0.05) is 31.2 Å². The first kappa shape index (κ1) is 46.8. The van der Waals surface area contributed by atoms with Crippen LogP contribution in [-0.4, -0.2) is 105 Å². The first-order chi connectivity index (χ1) is 32.0. The van der Waals surface area contributed by atoms with E-state index in [9.17, 15) is 24.0 Å². The Kier molecular flexibility index (Phi) is 13.2. The number of fused-ring (bicyclic) bond motifs is 2.